The van der Waals surface area contributed by atoms with Crippen LogP contribution in [0.3, 0.4) is 0 Å². The van der Waals surface area contributed by atoms with E-state index < -0.39 is 12.1 Å². The number of carbonyl (C=O) groups excluding carboxylic acids is 2. The molecule has 0 fully saturated rings. The van der Waals surface area contributed by atoms with E-state index in [9.17, 15) is 19.8 Å². The van der Waals surface area contributed by atoms with E-state index in [1.807, 2.05) is 0 Å². The number of rotatable bonds is 78. The number of esters is 1. The normalized spacial score (nSPS) is 12.5. The van der Waals surface area contributed by atoms with Crippen molar-refractivity contribution < 1.29 is 24.5 Å². The topological polar surface area (TPSA) is 95.9 Å². The van der Waals surface area contributed by atoms with Gasteiger partial charge in [0.2, 0.25) is 5.91 Å². The molecule has 0 rings (SSSR count). The Balaban J connectivity index is 3.32. The smallest absolute Gasteiger partial charge is 0.305 e. The van der Waals surface area contributed by atoms with Gasteiger partial charge in [0.15, 0.2) is 0 Å². The zero-order valence-electron chi connectivity index (χ0n) is 60.3. The zero-order valence-corrected chi connectivity index (χ0v) is 60.3. The minimum absolute atomic E-state index is 0.0152. The standard InChI is InChI=1S/C82H161NO5/c1-3-5-7-9-11-13-15-17-19-21-22-23-34-37-40-43-46-50-54-58-62-66-70-74-80(85)79(78-84)83-81(86)75-71-67-63-59-55-51-47-44-41-38-35-32-30-28-26-24-25-27-29-31-33-36-39-42-45-49-53-57-61-65-69-73-77-88-82(87)76-72-68-64-60-56-52-48-20-18-16-14-12-10-8-6-4-2/h20,48,79-80,84-85H,3-19,21-47,49-78H2,1-2H3,(H,83,86)/b48-20-. The van der Waals surface area contributed by atoms with Crippen LogP contribution < -0.4 is 5.32 Å². The monoisotopic (exact) mass is 1240 g/mol. The predicted octanol–water partition coefficient (Wildman–Crippen LogP) is 27.1. The van der Waals surface area contributed by atoms with Crippen molar-refractivity contribution in [2.45, 2.75) is 488 Å². The molecule has 0 aromatic rings. The molecule has 2 atom stereocenters. The van der Waals surface area contributed by atoms with Crippen molar-refractivity contribution >= 4 is 11.9 Å². The van der Waals surface area contributed by atoms with Crippen LogP contribution in [0.4, 0.5) is 0 Å². The number of aliphatic hydroxyl groups is 2. The van der Waals surface area contributed by atoms with E-state index in [1.165, 1.54) is 398 Å². The van der Waals surface area contributed by atoms with Crippen molar-refractivity contribution in [2.75, 3.05) is 13.2 Å². The van der Waals surface area contributed by atoms with Crippen molar-refractivity contribution in [1.82, 2.24) is 5.32 Å². The van der Waals surface area contributed by atoms with E-state index in [1.54, 1.807) is 0 Å². The average molecular weight is 1240 g/mol. The van der Waals surface area contributed by atoms with Crippen LogP contribution in [0, 0.1) is 0 Å². The molecule has 0 aliphatic rings. The average Bonchev–Trinajstić information content (AvgIpc) is 3.58. The minimum Gasteiger partial charge on any atom is -0.466 e. The Morgan fingerprint density at radius 2 is 0.534 bits per heavy atom. The molecular weight excluding hydrogens is 1080 g/mol. The molecule has 0 aliphatic heterocycles. The molecule has 0 heterocycles. The maximum absolute atomic E-state index is 12.6. The lowest BCUT2D eigenvalue weighted by Gasteiger charge is -2.22. The van der Waals surface area contributed by atoms with E-state index in [0.29, 0.717) is 25.9 Å². The first-order valence-electron chi connectivity index (χ1n) is 40.9. The Labute approximate surface area is 552 Å². The summed E-state index contributed by atoms with van der Waals surface area (Å²) in [6.07, 6.45) is 98.9. The summed E-state index contributed by atoms with van der Waals surface area (Å²) < 4.78 is 5.51. The number of hydrogen-bond donors (Lipinski definition) is 3. The third-order valence-electron chi connectivity index (χ3n) is 19.6. The highest BCUT2D eigenvalue weighted by molar-refractivity contribution is 5.76. The Morgan fingerprint density at radius 1 is 0.307 bits per heavy atom. The second kappa shape index (κ2) is 78.0. The number of amides is 1. The predicted molar refractivity (Wildman–Crippen MR) is 389 cm³/mol. The van der Waals surface area contributed by atoms with Crippen LogP contribution in [-0.4, -0.2) is 47.4 Å². The lowest BCUT2D eigenvalue weighted by atomic mass is 10.0. The Hall–Kier alpha value is -1.40. The van der Waals surface area contributed by atoms with Crippen molar-refractivity contribution in [2.24, 2.45) is 0 Å². The van der Waals surface area contributed by atoms with Crippen LogP contribution >= 0.6 is 0 Å². The maximum Gasteiger partial charge on any atom is 0.305 e. The first kappa shape index (κ1) is 86.6. The number of hydrogen-bond acceptors (Lipinski definition) is 5. The maximum atomic E-state index is 12.6. The molecule has 524 valence electrons. The molecule has 0 aromatic heterocycles. The molecule has 88 heavy (non-hydrogen) atoms. The number of aliphatic hydroxyl groups excluding tert-OH is 2. The van der Waals surface area contributed by atoms with Gasteiger partial charge in [-0.25, -0.2) is 0 Å². The first-order chi connectivity index (χ1) is 43.5. The van der Waals surface area contributed by atoms with Gasteiger partial charge in [-0.15, -0.1) is 0 Å². The van der Waals surface area contributed by atoms with Crippen LogP contribution in [0.15, 0.2) is 12.2 Å². The van der Waals surface area contributed by atoms with Gasteiger partial charge in [-0.3, -0.25) is 9.59 Å². The molecule has 0 spiro atoms. The summed E-state index contributed by atoms with van der Waals surface area (Å²) in [5.74, 6) is -0.00906. The van der Waals surface area contributed by atoms with Crippen molar-refractivity contribution in [3.05, 3.63) is 12.2 Å². The second-order valence-electron chi connectivity index (χ2n) is 28.5. The van der Waals surface area contributed by atoms with E-state index in [-0.39, 0.29) is 18.5 Å². The van der Waals surface area contributed by atoms with Gasteiger partial charge in [-0.2, -0.15) is 0 Å². The van der Waals surface area contributed by atoms with Crippen LogP contribution in [0.5, 0.6) is 0 Å². The number of allylic oxidation sites excluding steroid dienone is 2. The van der Waals surface area contributed by atoms with Gasteiger partial charge >= 0.3 is 5.97 Å². The summed E-state index contributed by atoms with van der Waals surface area (Å²) in [5, 5.41) is 23.5. The van der Waals surface area contributed by atoms with Gasteiger partial charge < -0.3 is 20.3 Å². The third-order valence-corrected chi connectivity index (χ3v) is 19.6. The molecule has 0 saturated heterocycles. The van der Waals surface area contributed by atoms with Crippen LogP contribution in [0.2, 0.25) is 0 Å². The third kappa shape index (κ3) is 73.6. The quantitative estimate of drug-likeness (QED) is 0.0320. The van der Waals surface area contributed by atoms with Gasteiger partial charge in [-0.1, -0.05) is 424 Å². The molecule has 0 radical (unpaired) electrons. The van der Waals surface area contributed by atoms with Gasteiger partial charge in [0, 0.05) is 12.8 Å². The summed E-state index contributed by atoms with van der Waals surface area (Å²) in [5.41, 5.74) is 0. The summed E-state index contributed by atoms with van der Waals surface area (Å²) in [7, 11) is 0. The Bertz CT molecular complexity index is 1340. The molecule has 1 amide bonds. The number of carbonyl (C=O) groups is 2. The van der Waals surface area contributed by atoms with Gasteiger partial charge in [0.05, 0.1) is 25.4 Å². The largest absolute Gasteiger partial charge is 0.466 e. The molecule has 2 unspecified atom stereocenters. The summed E-state index contributed by atoms with van der Waals surface area (Å²) in [4.78, 5) is 24.7. The fraction of sp³-hybridized carbons (Fsp3) is 0.951. The Kier molecular flexibility index (Phi) is 76.8. The summed E-state index contributed by atoms with van der Waals surface area (Å²) in [6, 6.07) is -0.539. The number of ether oxygens (including phenoxy) is 1. The van der Waals surface area contributed by atoms with Crippen molar-refractivity contribution in [1.29, 1.82) is 0 Å². The highest BCUT2D eigenvalue weighted by Gasteiger charge is 2.20. The van der Waals surface area contributed by atoms with Crippen molar-refractivity contribution in [3.63, 3.8) is 0 Å². The molecule has 6 nitrogen and oxygen atoms in total. The van der Waals surface area contributed by atoms with E-state index in [2.05, 4.69) is 31.3 Å². The Morgan fingerprint density at radius 3 is 0.807 bits per heavy atom. The highest BCUT2D eigenvalue weighted by atomic mass is 16.5. The minimum atomic E-state index is -0.662. The van der Waals surface area contributed by atoms with Crippen LogP contribution in [-0.2, 0) is 14.3 Å². The zero-order chi connectivity index (χ0) is 63.5. The van der Waals surface area contributed by atoms with Crippen LogP contribution in [0.25, 0.3) is 0 Å². The molecule has 3 N–H and O–H groups in total. The summed E-state index contributed by atoms with van der Waals surface area (Å²) >= 11 is 0. The number of unbranched alkanes of at least 4 members (excludes halogenated alkanes) is 65. The fourth-order valence-electron chi connectivity index (χ4n) is 13.3. The highest BCUT2D eigenvalue weighted by Crippen LogP contribution is 2.21. The van der Waals surface area contributed by atoms with Crippen LogP contribution in [0.1, 0.15) is 476 Å². The molecule has 0 saturated carbocycles. The van der Waals surface area contributed by atoms with Gasteiger partial charge in [0.25, 0.3) is 0 Å². The van der Waals surface area contributed by atoms with Gasteiger partial charge in [0.1, 0.15) is 0 Å². The summed E-state index contributed by atoms with van der Waals surface area (Å²) in [6.45, 7) is 5.01. The van der Waals surface area contributed by atoms with E-state index in [4.69, 9.17) is 4.74 Å². The van der Waals surface area contributed by atoms with Crippen molar-refractivity contribution in [3.8, 4) is 0 Å². The second-order valence-corrected chi connectivity index (χ2v) is 28.5. The molecule has 0 aromatic carbocycles. The molecule has 0 aliphatic carbocycles. The number of nitrogens with one attached hydrogen (secondary N) is 1. The molecule has 0 bridgehead atoms. The SMILES string of the molecule is CCCCCCCCC/C=C\CCCCCCCC(=O)OCCCCCCCCCCCCCCCCCCCCCCCCCCCCCCCCCCC(=O)NC(CO)C(O)CCCCCCCCCCCCCCCCCCCCCCCCC. The van der Waals surface area contributed by atoms with E-state index >= 15 is 0 Å². The molecule has 6 heteroatoms. The fourth-order valence-corrected chi connectivity index (χ4v) is 13.3. The van der Waals surface area contributed by atoms with Gasteiger partial charge in [-0.05, 0) is 51.4 Å². The lowest BCUT2D eigenvalue weighted by molar-refractivity contribution is -0.143. The lowest BCUT2D eigenvalue weighted by Crippen LogP contribution is -2.45. The first-order valence-corrected chi connectivity index (χ1v) is 40.9. The van der Waals surface area contributed by atoms with E-state index in [0.717, 1.165) is 44.9 Å². The molecular formula is C82H161NO5.